The number of hydrogen-bond donors (Lipinski definition) is 2. The maximum absolute atomic E-state index is 8.63. The first-order valence-corrected chi connectivity index (χ1v) is 5.85. The van der Waals surface area contributed by atoms with Crippen LogP contribution in [0.5, 0.6) is 11.5 Å². The molecule has 3 rings (SSSR count). The normalized spacial score (nSPS) is 8.40. The molecule has 0 unspecified atom stereocenters. The maximum Gasteiger partial charge on any atom is 0.115 e. The molecule has 2 aromatic carbocycles. The fraction of sp³-hybridized carbons (Fsp3) is 0. The van der Waals surface area contributed by atoms with Gasteiger partial charge in [-0.2, -0.15) is 0 Å². The Balaban J connectivity index is 0.000000151. The molecule has 0 amide bonds. The molecule has 2 N–H and O–H groups in total. The van der Waals surface area contributed by atoms with Crippen molar-refractivity contribution in [3.8, 4) is 11.5 Å². The van der Waals surface area contributed by atoms with E-state index in [0.717, 1.165) is 0 Å². The van der Waals surface area contributed by atoms with Crippen molar-refractivity contribution in [3.05, 3.63) is 79.1 Å². The summed E-state index contributed by atoms with van der Waals surface area (Å²) in [5, 5.41) is 27.4. The summed E-state index contributed by atoms with van der Waals surface area (Å²) in [6.45, 7) is 0. The number of para-hydroxylation sites is 2. The molecule has 0 radical (unpaired) electrons. The van der Waals surface area contributed by atoms with Crippen molar-refractivity contribution in [3.63, 3.8) is 0 Å². The van der Waals surface area contributed by atoms with E-state index in [1.165, 1.54) is 0 Å². The summed E-state index contributed by atoms with van der Waals surface area (Å²) in [7, 11) is 0. The van der Waals surface area contributed by atoms with Gasteiger partial charge in [-0.1, -0.05) is 36.4 Å². The van der Waals surface area contributed by atoms with Crippen LogP contribution in [0.3, 0.4) is 0 Å². The van der Waals surface area contributed by atoms with Gasteiger partial charge in [-0.25, -0.2) is 0 Å². The average molecular weight is 269 g/mol. The van der Waals surface area contributed by atoms with E-state index >= 15 is 0 Å². The molecular formula is C15H15N3O2. The molecule has 0 aliphatic heterocycles. The lowest BCUT2D eigenvalue weighted by Gasteiger charge is -1.82. The quantitative estimate of drug-likeness (QED) is 0.656. The monoisotopic (exact) mass is 269 g/mol. The van der Waals surface area contributed by atoms with E-state index in [-0.39, 0.29) is 0 Å². The van der Waals surface area contributed by atoms with Crippen molar-refractivity contribution in [2.24, 2.45) is 0 Å². The molecule has 0 atom stereocenters. The van der Waals surface area contributed by atoms with E-state index in [4.69, 9.17) is 10.2 Å². The highest BCUT2D eigenvalue weighted by Gasteiger charge is 1.75. The third kappa shape index (κ3) is 8.19. The van der Waals surface area contributed by atoms with Crippen molar-refractivity contribution in [2.75, 3.05) is 0 Å². The minimum atomic E-state index is 0.322. The number of aromatic nitrogens is 3. The van der Waals surface area contributed by atoms with E-state index in [9.17, 15) is 0 Å². The van der Waals surface area contributed by atoms with Gasteiger partial charge in [0.15, 0.2) is 0 Å². The third-order valence-electron chi connectivity index (χ3n) is 1.92. The number of aromatic hydroxyl groups is 2. The van der Waals surface area contributed by atoms with Crippen molar-refractivity contribution in [2.45, 2.75) is 0 Å². The molecule has 0 aliphatic carbocycles. The van der Waals surface area contributed by atoms with Gasteiger partial charge < -0.3 is 10.2 Å². The summed E-state index contributed by atoms with van der Waals surface area (Å²) in [4.78, 5) is 0. The van der Waals surface area contributed by atoms with E-state index in [1.807, 2.05) is 12.1 Å². The van der Waals surface area contributed by atoms with E-state index in [2.05, 4.69) is 15.4 Å². The molecule has 1 aromatic heterocycles. The van der Waals surface area contributed by atoms with Crippen LogP contribution in [0.1, 0.15) is 0 Å². The van der Waals surface area contributed by atoms with Gasteiger partial charge in [0.1, 0.15) is 11.5 Å². The molecule has 0 saturated carbocycles. The minimum Gasteiger partial charge on any atom is -0.508 e. The second kappa shape index (κ2) is 10.0. The Hall–Kier alpha value is -2.95. The van der Waals surface area contributed by atoms with Crippen LogP contribution in [-0.2, 0) is 0 Å². The Morgan fingerprint density at radius 2 is 0.950 bits per heavy atom. The van der Waals surface area contributed by atoms with Gasteiger partial charge in [0, 0.05) is 0 Å². The first kappa shape index (κ1) is 15.1. The summed E-state index contributed by atoms with van der Waals surface area (Å²) in [6.07, 6.45) is 3.15. The van der Waals surface area contributed by atoms with Gasteiger partial charge in [0.25, 0.3) is 0 Å². The van der Waals surface area contributed by atoms with Crippen molar-refractivity contribution < 1.29 is 10.2 Å². The summed E-state index contributed by atoms with van der Waals surface area (Å²) in [5.41, 5.74) is 0. The minimum absolute atomic E-state index is 0.322. The lowest BCUT2D eigenvalue weighted by Crippen LogP contribution is -1.78. The molecule has 0 aliphatic rings. The standard InChI is InChI=1S/2C6H6O.C3H3N3/c2*7-6-4-2-1-3-5-6;1-2-4-6-5-3-1/h2*1-5,7H;1-3H. The lowest BCUT2D eigenvalue weighted by molar-refractivity contribution is 0.475. The number of hydrogen-bond acceptors (Lipinski definition) is 5. The van der Waals surface area contributed by atoms with Gasteiger partial charge in [-0.05, 0) is 35.5 Å². The average Bonchev–Trinajstić information content (AvgIpc) is 2.52. The van der Waals surface area contributed by atoms with E-state index in [1.54, 1.807) is 67.0 Å². The number of benzene rings is 2. The van der Waals surface area contributed by atoms with Crippen LogP contribution in [0.15, 0.2) is 79.1 Å². The van der Waals surface area contributed by atoms with Crippen LogP contribution in [-0.4, -0.2) is 25.6 Å². The summed E-state index contributed by atoms with van der Waals surface area (Å²) < 4.78 is 0. The fourth-order valence-electron chi connectivity index (χ4n) is 1.06. The zero-order chi connectivity index (χ0) is 14.5. The Kier molecular flexibility index (Phi) is 7.57. The Morgan fingerprint density at radius 3 is 1.10 bits per heavy atom. The second-order valence-corrected chi connectivity index (χ2v) is 3.48. The first-order valence-electron chi connectivity index (χ1n) is 5.85. The Bertz CT molecular complexity index is 484. The number of nitrogens with zero attached hydrogens (tertiary/aromatic N) is 3. The van der Waals surface area contributed by atoms with Gasteiger partial charge in [0.2, 0.25) is 0 Å². The highest BCUT2D eigenvalue weighted by Crippen LogP contribution is 2.03. The zero-order valence-electron chi connectivity index (χ0n) is 10.7. The third-order valence-corrected chi connectivity index (χ3v) is 1.92. The van der Waals surface area contributed by atoms with Crippen molar-refractivity contribution in [1.29, 1.82) is 0 Å². The summed E-state index contributed by atoms with van der Waals surface area (Å²) in [6, 6.07) is 19.1. The zero-order valence-corrected chi connectivity index (χ0v) is 10.7. The highest BCUT2D eigenvalue weighted by molar-refractivity contribution is 5.19. The van der Waals surface area contributed by atoms with Crippen LogP contribution in [0.25, 0.3) is 0 Å². The SMILES string of the molecule is Oc1ccccc1.Oc1ccccc1.c1cnnnc1. The highest BCUT2D eigenvalue weighted by atomic mass is 16.3. The predicted molar refractivity (Wildman–Crippen MR) is 76.0 cm³/mol. The van der Waals surface area contributed by atoms with Crippen molar-refractivity contribution in [1.82, 2.24) is 15.4 Å². The van der Waals surface area contributed by atoms with Crippen LogP contribution in [0.2, 0.25) is 0 Å². The summed E-state index contributed by atoms with van der Waals surface area (Å²) in [5.74, 6) is 0.644. The molecule has 102 valence electrons. The first-order chi connectivity index (χ1) is 9.79. The largest absolute Gasteiger partial charge is 0.508 e. The predicted octanol–water partition coefficient (Wildman–Crippen LogP) is 2.66. The van der Waals surface area contributed by atoms with Crippen LogP contribution in [0.4, 0.5) is 0 Å². The number of rotatable bonds is 0. The van der Waals surface area contributed by atoms with Crippen LogP contribution in [0, 0.1) is 0 Å². The van der Waals surface area contributed by atoms with Crippen molar-refractivity contribution >= 4 is 0 Å². The molecule has 1 heterocycles. The van der Waals surface area contributed by atoms with E-state index in [0.29, 0.717) is 11.5 Å². The van der Waals surface area contributed by atoms with Gasteiger partial charge in [-0.15, -0.1) is 10.2 Å². The maximum atomic E-state index is 8.63. The molecule has 5 heteroatoms. The van der Waals surface area contributed by atoms with Crippen LogP contribution < -0.4 is 0 Å². The summed E-state index contributed by atoms with van der Waals surface area (Å²) >= 11 is 0. The van der Waals surface area contributed by atoms with Gasteiger partial charge >= 0.3 is 0 Å². The smallest absolute Gasteiger partial charge is 0.115 e. The van der Waals surface area contributed by atoms with Gasteiger partial charge in [-0.3, -0.25) is 0 Å². The molecule has 0 spiro atoms. The Morgan fingerprint density at radius 1 is 0.550 bits per heavy atom. The molecule has 3 aromatic rings. The number of phenols is 2. The van der Waals surface area contributed by atoms with Gasteiger partial charge in [0.05, 0.1) is 12.4 Å². The fourth-order valence-corrected chi connectivity index (χ4v) is 1.06. The van der Waals surface area contributed by atoms with E-state index < -0.39 is 0 Å². The molecule has 0 bridgehead atoms. The van der Waals surface area contributed by atoms with Crippen LogP contribution >= 0.6 is 0 Å². The molecule has 20 heavy (non-hydrogen) atoms. The molecule has 0 fully saturated rings. The second-order valence-electron chi connectivity index (χ2n) is 3.48. The lowest BCUT2D eigenvalue weighted by atomic mass is 10.3. The topological polar surface area (TPSA) is 79.1 Å². The molecule has 0 saturated heterocycles. The Labute approximate surface area is 117 Å². The molecule has 5 nitrogen and oxygen atoms in total. The molecular weight excluding hydrogens is 254 g/mol. The number of phenolic OH excluding ortho intramolecular Hbond substituents is 2.